The number of carbonyl (C=O) groups is 1. The summed E-state index contributed by atoms with van der Waals surface area (Å²) in [5.74, 6) is -0.300. The molecule has 1 rings (SSSR count). The number of ether oxygens (including phenoxy) is 1. The molecular weight excluding hydrogens is 294 g/mol. The van der Waals surface area contributed by atoms with Crippen LogP contribution in [0.2, 0.25) is 0 Å². The molecule has 98 valence electrons. The highest BCUT2D eigenvalue weighted by Crippen LogP contribution is 2.21. The number of hydrogen-bond donors (Lipinski definition) is 1. The molecule has 0 spiro atoms. The van der Waals surface area contributed by atoms with Crippen LogP contribution in [0.3, 0.4) is 0 Å². The lowest BCUT2D eigenvalue weighted by Gasteiger charge is -2.09. The SMILES string of the molecule is CCOC(=O)/C=C/CNc1ccc(Br)cc1CC. The zero-order valence-corrected chi connectivity index (χ0v) is 12.3. The summed E-state index contributed by atoms with van der Waals surface area (Å²) in [7, 11) is 0. The first-order valence-corrected chi connectivity index (χ1v) is 6.82. The molecule has 0 unspecified atom stereocenters. The molecule has 0 aliphatic rings. The number of aryl methyl sites for hydroxylation is 1. The Bertz CT molecular complexity index is 430. The highest BCUT2D eigenvalue weighted by atomic mass is 79.9. The average Bonchev–Trinajstić information content (AvgIpc) is 2.36. The Morgan fingerprint density at radius 3 is 2.89 bits per heavy atom. The molecular formula is C14H18BrNO2. The second-order valence-electron chi connectivity index (χ2n) is 3.69. The first-order valence-electron chi connectivity index (χ1n) is 6.03. The Labute approximate surface area is 116 Å². The van der Waals surface area contributed by atoms with Gasteiger partial charge in [0.15, 0.2) is 0 Å². The molecule has 0 aliphatic carbocycles. The summed E-state index contributed by atoms with van der Waals surface area (Å²) in [5, 5.41) is 3.27. The Morgan fingerprint density at radius 1 is 1.44 bits per heavy atom. The Morgan fingerprint density at radius 2 is 2.22 bits per heavy atom. The predicted octanol–water partition coefficient (Wildman–Crippen LogP) is 3.54. The van der Waals surface area contributed by atoms with Crippen LogP contribution in [0.15, 0.2) is 34.8 Å². The van der Waals surface area contributed by atoms with Crippen molar-refractivity contribution in [1.29, 1.82) is 0 Å². The van der Waals surface area contributed by atoms with Crippen LogP contribution in [0, 0.1) is 0 Å². The van der Waals surface area contributed by atoms with Crippen molar-refractivity contribution in [3.05, 3.63) is 40.4 Å². The second kappa shape index (κ2) is 7.93. The molecule has 0 bridgehead atoms. The van der Waals surface area contributed by atoms with Gasteiger partial charge in [-0.05, 0) is 37.1 Å². The van der Waals surface area contributed by atoms with Crippen LogP contribution < -0.4 is 5.32 Å². The van der Waals surface area contributed by atoms with E-state index in [2.05, 4.69) is 34.2 Å². The number of hydrogen-bond acceptors (Lipinski definition) is 3. The van der Waals surface area contributed by atoms with Gasteiger partial charge in [0.05, 0.1) is 6.61 Å². The Balaban J connectivity index is 2.51. The quantitative estimate of drug-likeness (QED) is 0.645. The minimum absolute atomic E-state index is 0.300. The van der Waals surface area contributed by atoms with Gasteiger partial charge in [-0.3, -0.25) is 0 Å². The van der Waals surface area contributed by atoms with E-state index in [1.54, 1.807) is 13.0 Å². The molecule has 4 heteroatoms. The maximum absolute atomic E-state index is 11.1. The van der Waals surface area contributed by atoms with Crippen molar-refractivity contribution in [3.8, 4) is 0 Å². The van der Waals surface area contributed by atoms with Gasteiger partial charge in [0.2, 0.25) is 0 Å². The molecule has 0 heterocycles. The molecule has 0 fully saturated rings. The van der Waals surface area contributed by atoms with Gasteiger partial charge >= 0.3 is 5.97 Å². The van der Waals surface area contributed by atoms with E-state index in [4.69, 9.17) is 4.74 Å². The Kier molecular flexibility index (Phi) is 6.50. The van der Waals surface area contributed by atoms with Crippen molar-refractivity contribution in [1.82, 2.24) is 0 Å². The van der Waals surface area contributed by atoms with E-state index in [9.17, 15) is 4.79 Å². The van der Waals surface area contributed by atoms with Crippen molar-refractivity contribution in [2.75, 3.05) is 18.5 Å². The van der Waals surface area contributed by atoms with Crippen LogP contribution in [0.25, 0.3) is 0 Å². The minimum Gasteiger partial charge on any atom is -0.463 e. The predicted molar refractivity (Wildman–Crippen MR) is 77.8 cm³/mol. The average molecular weight is 312 g/mol. The molecule has 18 heavy (non-hydrogen) atoms. The number of halogens is 1. The van der Waals surface area contributed by atoms with E-state index >= 15 is 0 Å². The third-order valence-corrected chi connectivity index (χ3v) is 2.89. The van der Waals surface area contributed by atoms with E-state index < -0.39 is 0 Å². The molecule has 0 aliphatic heterocycles. The fourth-order valence-electron chi connectivity index (χ4n) is 1.54. The number of benzene rings is 1. The summed E-state index contributed by atoms with van der Waals surface area (Å²) in [5.41, 5.74) is 2.34. The van der Waals surface area contributed by atoms with Crippen molar-refractivity contribution >= 4 is 27.6 Å². The maximum Gasteiger partial charge on any atom is 0.330 e. The molecule has 1 N–H and O–H groups in total. The van der Waals surface area contributed by atoms with Gasteiger partial charge in [0.25, 0.3) is 0 Å². The number of nitrogens with one attached hydrogen (secondary N) is 1. The topological polar surface area (TPSA) is 38.3 Å². The van der Waals surface area contributed by atoms with E-state index in [-0.39, 0.29) is 5.97 Å². The molecule has 0 saturated heterocycles. The van der Waals surface area contributed by atoms with Gasteiger partial charge in [0.1, 0.15) is 0 Å². The van der Waals surface area contributed by atoms with Gasteiger partial charge in [-0.15, -0.1) is 0 Å². The molecule has 3 nitrogen and oxygen atoms in total. The lowest BCUT2D eigenvalue weighted by atomic mass is 10.1. The summed E-state index contributed by atoms with van der Waals surface area (Å²) in [6, 6.07) is 6.12. The fourth-order valence-corrected chi connectivity index (χ4v) is 1.95. The van der Waals surface area contributed by atoms with E-state index in [1.807, 2.05) is 12.1 Å². The zero-order chi connectivity index (χ0) is 13.4. The van der Waals surface area contributed by atoms with Crippen LogP contribution in [0.1, 0.15) is 19.4 Å². The van der Waals surface area contributed by atoms with Gasteiger partial charge < -0.3 is 10.1 Å². The summed E-state index contributed by atoms with van der Waals surface area (Å²) in [4.78, 5) is 11.1. The van der Waals surface area contributed by atoms with Crippen LogP contribution in [-0.4, -0.2) is 19.1 Å². The number of rotatable bonds is 6. The molecule has 0 aromatic heterocycles. The van der Waals surface area contributed by atoms with Crippen molar-refractivity contribution in [2.24, 2.45) is 0 Å². The van der Waals surface area contributed by atoms with Crippen molar-refractivity contribution in [3.63, 3.8) is 0 Å². The largest absolute Gasteiger partial charge is 0.463 e. The third kappa shape index (κ3) is 4.92. The highest BCUT2D eigenvalue weighted by Gasteiger charge is 2.00. The smallest absolute Gasteiger partial charge is 0.330 e. The van der Waals surface area contributed by atoms with Gasteiger partial charge in [-0.2, -0.15) is 0 Å². The summed E-state index contributed by atoms with van der Waals surface area (Å²) >= 11 is 3.45. The molecule has 1 aromatic rings. The zero-order valence-electron chi connectivity index (χ0n) is 10.7. The molecule has 0 radical (unpaired) electrons. The summed E-state index contributed by atoms with van der Waals surface area (Å²) in [6.07, 6.45) is 4.17. The lowest BCUT2D eigenvalue weighted by molar-refractivity contribution is -0.137. The first-order chi connectivity index (χ1) is 8.67. The lowest BCUT2D eigenvalue weighted by Crippen LogP contribution is -2.04. The minimum atomic E-state index is -0.300. The van der Waals surface area contributed by atoms with Crippen LogP contribution in [-0.2, 0) is 16.0 Å². The Hall–Kier alpha value is -1.29. The number of anilines is 1. The van der Waals surface area contributed by atoms with Crippen LogP contribution in [0.4, 0.5) is 5.69 Å². The monoisotopic (exact) mass is 311 g/mol. The fraction of sp³-hybridized carbons (Fsp3) is 0.357. The maximum atomic E-state index is 11.1. The van der Waals surface area contributed by atoms with Crippen LogP contribution in [0.5, 0.6) is 0 Å². The summed E-state index contributed by atoms with van der Waals surface area (Å²) in [6.45, 7) is 4.91. The molecule has 0 saturated carbocycles. The molecule has 1 aromatic carbocycles. The standard InChI is InChI=1S/C14H18BrNO2/c1-3-11-10-12(15)7-8-13(11)16-9-5-6-14(17)18-4-2/h5-8,10,16H,3-4,9H2,1-2H3/b6-5+. The van der Waals surface area contributed by atoms with Gasteiger partial charge in [-0.1, -0.05) is 28.9 Å². The van der Waals surface area contributed by atoms with E-state index in [0.29, 0.717) is 13.2 Å². The normalized spacial score (nSPS) is 10.6. The number of carbonyl (C=O) groups excluding carboxylic acids is 1. The van der Waals surface area contributed by atoms with Crippen molar-refractivity contribution < 1.29 is 9.53 Å². The van der Waals surface area contributed by atoms with Gasteiger partial charge in [-0.25, -0.2) is 4.79 Å². The number of esters is 1. The van der Waals surface area contributed by atoms with Gasteiger partial charge in [0, 0.05) is 22.8 Å². The first kappa shape index (κ1) is 14.8. The molecule has 0 atom stereocenters. The van der Waals surface area contributed by atoms with E-state index in [1.165, 1.54) is 11.6 Å². The second-order valence-corrected chi connectivity index (χ2v) is 4.61. The summed E-state index contributed by atoms with van der Waals surface area (Å²) < 4.78 is 5.87. The van der Waals surface area contributed by atoms with Crippen LogP contribution >= 0.6 is 15.9 Å². The molecule has 0 amide bonds. The third-order valence-electron chi connectivity index (χ3n) is 2.40. The van der Waals surface area contributed by atoms with E-state index in [0.717, 1.165) is 16.6 Å². The van der Waals surface area contributed by atoms with Crippen molar-refractivity contribution in [2.45, 2.75) is 20.3 Å². The highest BCUT2D eigenvalue weighted by molar-refractivity contribution is 9.10.